The van der Waals surface area contributed by atoms with E-state index in [2.05, 4.69) is 32.4 Å². The van der Waals surface area contributed by atoms with Crippen molar-refractivity contribution >= 4 is 28.3 Å². The molecule has 0 spiro atoms. The second-order valence-corrected chi connectivity index (χ2v) is 10.6. The highest BCUT2D eigenvalue weighted by atomic mass is 16.2. The fourth-order valence-electron chi connectivity index (χ4n) is 4.89. The molecular weight excluding hydrogens is 552 g/mol. The highest BCUT2D eigenvalue weighted by Gasteiger charge is 2.21. The van der Waals surface area contributed by atoms with Crippen molar-refractivity contribution in [3.63, 3.8) is 0 Å². The quantitative estimate of drug-likeness (QED) is 0.292. The maximum atomic E-state index is 12.7. The normalized spacial score (nSPS) is 11.8. The summed E-state index contributed by atoms with van der Waals surface area (Å²) in [5.74, 6) is 7.34. The molecule has 1 amide bonds. The number of amides is 1. The summed E-state index contributed by atoms with van der Waals surface area (Å²) < 4.78 is 3.61. The number of anilines is 1. The Balaban J connectivity index is 1.55. The number of pyridine rings is 3. The molecule has 6 aromatic rings. The molecule has 218 valence electrons. The average Bonchev–Trinajstić information content (AvgIpc) is 3.40. The van der Waals surface area contributed by atoms with Gasteiger partial charge in [-0.15, -0.1) is 0 Å². The first kappa shape index (κ1) is 28.5. The van der Waals surface area contributed by atoms with Gasteiger partial charge in [-0.1, -0.05) is 5.92 Å². The molecule has 1 aromatic carbocycles. The minimum Gasteiger partial charge on any atom is -0.311 e. The summed E-state index contributed by atoms with van der Waals surface area (Å²) >= 11 is 0. The topological polar surface area (TPSA) is 119 Å². The number of aryl methyl sites for hydroxylation is 3. The second-order valence-electron chi connectivity index (χ2n) is 10.6. The number of hydrogen-bond acceptors (Lipinski definition) is 7. The summed E-state index contributed by atoms with van der Waals surface area (Å²) in [6, 6.07) is 16.3. The van der Waals surface area contributed by atoms with Crippen molar-refractivity contribution in [3.05, 3.63) is 106 Å². The van der Waals surface area contributed by atoms with Gasteiger partial charge in [-0.05, 0) is 93.2 Å². The molecular formula is C34H30N8O2. The molecule has 10 nitrogen and oxygen atoms in total. The van der Waals surface area contributed by atoms with E-state index >= 15 is 0 Å². The van der Waals surface area contributed by atoms with Gasteiger partial charge in [0.05, 0.1) is 17.3 Å². The van der Waals surface area contributed by atoms with E-state index in [9.17, 15) is 9.59 Å². The standard InChI is InChI=1S/C34H30N8O2/c1-20-14-15-42-30(16-20)40-32(25-18-36-22(3)37-19-25)33(42)26-9-12-29(39-34(44)21(2)35-4)38-27(26)10-6-23-7-11-28-24(17-23)8-13-31(43)41(28)5/h7-9,11-19,21,35H,1-5H3,(H,38,39,44). The van der Waals surface area contributed by atoms with Gasteiger partial charge in [-0.25, -0.2) is 19.9 Å². The molecule has 0 saturated carbocycles. The van der Waals surface area contributed by atoms with E-state index in [0.717, 1.165) is 44.5 Å². The summed E-state index contributed by atoms with van der Waals surface area (Å²) in [5, 5.41) is 6.72. The lowest BCUT2D eigenvalue weighted by atomic mass is 10.0. The molecule has 1 unspecified atom stereocenters. The first-order valence-electron chi connectivity index (χ1n) is 14.1. The number of fused-ring (bicyclic) bond motifs is 2. The van der Waals surface area contributed by atoms with Crippen molar-refractivity contribution < 1.29 is 4.79 Å². The van der Waals surface area contributed by atoms with Crippen LogP contribution in [0.2, 0.25) is 0 Å². The number of rotatable bonds is 5. The maximum absolute atomic E-state index is 12.7. The van der Waals surface area contributed by atoms with E-state index in [1.54, 1.807) is 56.2 Å². The van der Waals surface area contributed by atoms with Crippen LogP contribution in [-0.2, 0) is 11.8 Å². The Hall–Kier alpha value is -5.66. The summed E-state index contributed by atoms with van der Waals surface area (Å²) in [6.07, 6.45) is 5.49. The number of likely N-dealkylation sites (N-methyl/N-ethyl adjacent to an activating group) is 1. The van der Waals surface area contributed by atoms with Gasteiger partial charge in [-0.2, -0.15) is 0 Å². The highest BCUT2D eigenvalue weighted by Crippen LogP contribution is 2.34. The lowest BCUT2D eigenvalue weighted by Gasteiger charge is -2.13. The first-order chi connectivity index (χ1) is 21.2. The third kappa shape index (κ3) is 5.44. The summed E-state index contributed by atoms with van der Waals surface area (Å²) in [6.45, 7) is 5.63. The molecule has 0 fully saturated rings. The molecule has 0 aliphatic rings. The zero-order valence-corrected chi connectivity index (χ0v) is 25.0. The molecule has 0 radical (unpaired) electrons. The van der Waals surface area contributed by atoms with Crippen molar-refractivity contribution in [1.29, 1.82) is 0 Å². The SMILES string of the molecule is CNC(C)C(=O)Nc1ccc(-c2c(-c3cnc(C)nc3)nc3cc(C)ccn23)c(C#Cc2ccc3c(ccc(=O)n3C)c2)n1. The Morgan fingerprint density at radius 2 is 1.75 bits per heavy atom. The van der Waals surface area contributed by atoms with Crippen molar-refractivity contribution in [1.82, 2.24) is 34.2 Å². The van der Waals surface area contributed by atoms with Gasteiger partial charge >= 0.3 is 0 Å². The van der Waals surface area contributed by atoms with Gasteiger partial charge in [0.2, 0.25) is 5.91 Å². The second kappa shape index (κ2) is 11.6. The average molecular weight is 583 g/mol. The monoisotopic (exact) mass is 582 g/mol. The van der Waals surface area contributed by atoms with Crippen LogP contribution in [0.4, 0.5) is 5.82 Å². The van der Waals surface area contributed by atoms with Crippen LogP contribution in [0, 0.1) is 25.7 Å². The Labute approximate surface area is 253 Å². The van der Waals surface area contributed by atoms with Crippen LogP contribution < -0.4 is 16.2 Å². The smallest absolute Gasteiger partial charge is 0.250 e. The first-order valence-corrected chi connectivity index (χ1v) is 14.1. The van der Waals surface area contributed by atoms with Crippen LogP contribution in [0.3, 0.4) is 0 Å². The lowest BCUT2D eigenvalue weighted by Crippen LogP contribution is -2.35. The van der Waals surface area contributed by atoms with Crippen molar-refractivity contribution in [2.24, 2.45) is 7.05 Å². The Morgan fingerprint density at radius 1 is 0.955 bits per heavy atom. The van der Waals surface area contributed by atoms with Crippen LogP contribution in [0.1, 0.15) is 29.6 Å². The zero-order valence-electron chi connectivity index (χ0n) is 25.0. The third-order valence-electron chi connectivity index (χ3n) is 7.51. The van der Waals surface area contributed by atoms with Crippen LogP contribution in [-0.4, -0.2) is 47.9 Å². The van der Waals surface area contributed by atoms with Crippen LogP contribution >= 0.6 is 0 Å². The predicted molar refractivity (Wildman–Crippen MR) is 171 cm³/mol. The largest absolute Gasteiger partial charge is 0.311 e. The van der Waals surface area contributed by atoms with Crippen LogP contribution in [0.5, 0.6) is 0 Å². The van der Waals surface area contributed by atoms with Gasteiger partial charge in [0.1, 0.15) is 28.7 Å². The zero-order chi connectivity index (χ0) is 31.0. The number of carbonyl (C=O) groups excluding carboxylic acids is 1. The van der Waals surface area contributed by atoms with Gasteiger partial charge in [-0.3, -0.25) is 14.0 Å². The van der Waals surface area contributed by atoms with Gasteiger partial charge < -0.3 is 15.2 Å². The molecule has 0 bridgehead atoms. The molecule has 5 aromatic heterocycles. The third-order valence-corrected chi connectivity index (χ3v) is 7.51. The number of aromatic nitrogens is 6. The van der Waals surface area contributed by atoms with E-state index in [-0.39, 0.29) is 11.5 Å². The number of nitrogens with zero attached hydrogens (tertiary/aromatic N) is 6. The van der Waals surface area contributed by atoms with E-state index in [0.29, 0.717) is 23.0 Å². The molecule has 2 N–H and O–H groups in total. The van der Waals surface area contributed by atoms with Crippen LogP contribution in [0.15, 0.2) is 78.0 Å². The van der Waals surface area contributed by atoms with Gasteiger partial charge in [0.15, 0.2) is 0 Å². The fourth-order valence-corrected chi connectivity index (χ4v) is 4.89. The molecule has 0 aliphatic carbocycles. The number of benzene rings is 1. The van der Waals surface area contributed by atoms with E-state index in [1.807, 2.05) is 60.8 Å². The van der Waals surface area contributed by atoms with E-state index < -0.39 is 6.04 Å². The summed E-state index contributed by atoms with van der Waals surface area (Å²) in [4.78, 5) is 43.4. The predicted octanol–water partition coefficient (Wildman–Crippen LogP) is 4.27. The number of carbonyl (C=O) groups is 1. The molecule has 10 heteroatoms. The minimum atomic E-state index is -0.408. The molecule has 0 aliphatic heterocycles. The molecule has 0 saturated heterocycles. The van der Waals surface area contributed by atoms with Crippen LogP contribution in [0.25, 0.3) is 39.1 Å². The van der Waals surface area contributed by atoms with Crippen molar-refractivity contribution in [3.8, 4) is 34.4 Å². The van der Waals surface area contributed by atoms with Crippen molar-refractivity contribution in [2.75, 3.05) is 12.4 Å². The van der Waals surface area contributed by atoms with Gasteiger partial charge in [0, 0.05) is 48.4 Å². The van der Waals surface area contributed by atoms with E-state index in [4.69, 9.17) is 9.97 Å². The number of nitrogens with one attached hydrogen (secondary N) is 2. The minimum absolute atomic E-state index is 0.0744. The molecule has 1 atom stereocenters. The highest BCUT2D eigenvalue weighted by molar-refractivity contribution is 5.94. The number of imidazole rings is 1. The lowest BCUT2D eigenvalue weighted by molar-refractivity contribution is -0.117. The summed E-state index contributed by atoms with van der Waals surface area (Å²) in [7, 11) is 3.47. The Bertz CT molecular complexity index is 2190. The number of hydrogen-bond donors (Lipinski definition) is 2. The van der Waals surface area contributed by atoms with E-state index in [1.165, 1.54) is 0 Å². The molecule has 5 heterocycles. The van der Waals surface area contributed by atoms with Gasteiger partial charge in [0.25, 0.3) is 5.56 Å². The Kier molecular flexibility index (Phi) is 7.47. The summed E-state index contributed by atoms with van der Waals surface area (Å²) in [5.41, 5.74) is 6.73. The van der Waals surface area contributed by atoms with Crippen molar-refractivity contribution in [2.45, 2.75) is 26.8 Å². The Morgan fingerprint density at radius 3 is 2.52 bits per heavy atom. The molecule has 44 heavy (non-hydrogen) atoms. The maximum Gasteiger partial charge on any atom is 0.250 e. The molecule has 6 rings (SSSR count). The fraction of sp³-hybridized carbons (Fsp3) is 0.176.